The smallest absolute Gasteiger partial charge is 0.250 e. The van der Waals surface area contributed by atoms with Gasteiger partial charge < -0.3 is 14.5 Å². The van der Waals surface area contributed by atoms with Gasteiger partial charge in [-0.1, -0.05) is 0 Å². The molecule has 0 aliphatic carbocycles. The third-order valence-electron chi connectivity index (χ3n) is 3.32. The average Bonchev–Trinajstić information content (AvgIpc) is 2.67. The van der Waals surface area contributed by atoms with Gasteiger partial charge in [-0.3, -0.25) is 4.79 Å². The molecule has 0 amide bonds. The van der Waals surface area contributed by atoms with Crippen molar-refractivity contribution < 1.29 is 0 Å². The van der Waals surface area contributed by atoms with Gasteiger partial charge in [-0.15, -0.1) is 0 Å². The predicted octanol–water partition coefficient (Wildman–Crippen LogP) is 1.52. The lowest BCUT2D eigenvalue weighted by molar-refractivity contribution is 0.851. The molecule has 98 valence electrons. The zero-order valence-corrected chi connectivity index (χ0v) is 11.3. The molecule has 0 aliphatic heterocycles. The summed E-state index contributed by atoms with van der Waals surface area (Å²) in [5.41, 5.74) is 3.63. The van der Waals surface area contributed by atoms with Gasteiger partial charge in [-0.2, -0.15) is 5.26 Å². The maximum atomic E-state index is 11.3. The molecule has 0 aromatic carbocycles. The third-order valence-corrected chi connectivity index (χ3v) is 3.32. The van der Waals surface area contributed by atoms with Crippen molar-refractivity contribution in [2.24, 2.45) is 14.1 Å². The molecule has 0 saturated carbocycles. The van der Waals surface area contributed by atoms with E-state index in [-0.39, 0.29) is 5.56 Å². The average molecular weight is 256 g/mol. The molecule has 0 aliphatic rings. The SMILES string of the molecule is Cc1c(CNc2ccc(=O)n(C)c2)cc(C#N)n1C. The fourth-order valence-electron chi connectivity index (χ4n) is 1.94. The van der Waals surface area contributed by atoms with Crippen molar-refractivity contribution in [2.45, 2.75) is 13.5 Å². The Bertz CT molecular complexity index is 703. The van der Waals surface area contributed by atoms with E-state index in [1.807, 2.05) is 24.6 Å². The lowest BCUT2D eigenvalue weighted by Gasteiger charge is -2.07. The molecule has 2 aromatic rings. The van der Waals surface area contributed by atoms with Crippen LogP contribution in [0, 0.1) is 18.3 Å². The van der Waals surface area contributed by atoms with Crippen LogP contribution in [0.4, 0.5) is 5.69 Å². The van der Waals surface area contributed by atoms with Gasteiger partial charge in [0.05, 0.1) is 5.69 Å². The van der Waals surface area contributed by atoms with Crippen LogP contribution in [0.1, 0.15) is 17.0 Å². The third kappa shape index (κ3) is 2.52. The van der Waals surface area contributed by atoms with E-state index in [2.05, 4.69) is 11.4 Å². The van der Waals surface area contributed by atoms with Crippen molar-refractivity contribution in [3.05, 3.63) is 51.7 Å². The van der Waals surface area contributed by atoms with Crippen molar-refractivity contribution in [1.82, 2.24) is 9.13 Å². The number of pyridine rings is 1. The zero-order chi connectivity index (χ0) is 14.0. The first kappa shape index (κ1) is 13.0. The van der Waals surface area contributed by atoms with E-state index in [0.717, 1.165) is 16.9 Å². The second-order valence-electron chi connectivity index (χ2n) is 4.53. The number of nitrogens with one attached hydrogen (secondary N) is 1. The number of rotatable bonds is 3. The second-order valence-corrected chi connectivity index (χ2v) is 4.53. The second kappa shape index (κ2) is 5.02. The molecule has 5 heteroatoms. The molecule has 0 spiro atoms. The Kier molecular flexibility index (Phi) is 3.43. The quantitative estimate of drug-likeness (QED) is 0.905. The van der Waals surface area contributed by atoms with E-state index in [1.165, 1.54) is 10.6 Å². The number of nitriles is 1. The Balaban J connectivity index is 2.17. The fourth-order valence-corrected chi connectivity index (χ4v) is 1.94. The van der Waals surface area contributed by atoms with Crippen LogP contribution in [0.15, 0.2) is 29.2 Å². The van der Waals surface area contributed by atoms with Crippen LogP contribution in [0.3, 0.4) is 0 Å². The highest BCUT2D eigenvalue weighted by atomic mass is 16.1. The molecular formula is C14H16N4O. The van der Waals surface area contributed by atoms with Gasteiger partial charge in [-0.25, -0.2) is 0 Å². The lowest BCUT2D eigenvalue weighted by atomic mass is 10.2. The Morgan fingerprint density at radius 3 is 2.68 bits per heavy atom. The summed E-state index contributed by atoms with van der Waals surface area (Å²) < 4.78 is 3.40. The zero-order valence-electron chi connectivity index (χ0n) is 11.3. The van der Waals surface area contributed by atoms with Gasteiger partial charge in [0.2, 0.25) is 5.56 Å². The molecular weight excluding hydrogens is 240 g/mol. The lowest BCUT2D eigenvalue weighted by Crippen LogP contribution is -2.15. The highest BCUT2D eigenvalue weighted by Gasteiger charge is 2.08. The van der Waals surface area contributed by atoms with Crippen molar-refractivity contribution in [2.75, 3.05) is 5.32 Å². The Hall–Kier alpha value is -2.48. The molecule has 2 aromatic heterocycles. The monoisotopic (exact) mass is 256 g/mol. The van der Waals surface area contributed by atoms with E-state index in [9.17, 15) is 4.79 Å². The van der Waals surface area contributed by atoms with E-state index < -0.39 is 0 Å². The Morgan fingerprint density at radius 2 is 2.11 bits per heavy atom. The summed E-state index contributed by atoms with van der Waals surface area (Å²) in [6.07, 6.45) is 1.76. The number of nitrogens with zero attached hydrogens (tertiary/aromatic N) is 3. The van der Waals surface area contributed by atoms with Gasteiger partial charge in [0.1, 0.15) is 11.8 Å². The topological polar surface area (TPSA) is 62.8 Å². The van der Waals surface area contributed by atoms with Crippen LogP contribution >= 0.6 is 0 Å². The summed E-state index contributed by atoms with van der Waals surface area (Å²) >= 11 is 0. The molecule has 1 N–H and O–H groups in total. The van der Waals surface area contributed by atoms with Gasteiger partial charge >= 0.3 is 0 Å². The van der Waals surface area contributed by atoms with Crippen molar-refractivity contribution in [3.8, 4) is 6.07 Å². The first-order chi connectivity index (χ1) is 9.02. The summed E-state index contributed by atoms with van der Waals surface area (Å²) in [6, 6.07) is 7.32. The first-order valence-electron chi connectivity index (χ1n) is 5.98. The number of hydrogen-bond acceptors (Lipinski definition) is 3. The molecule has 0 fully saturated rings. The molecule has 0 radical (unpaired) electrons. The minimum atomic E-state index is -0.0341. The van der Waals surface area contributed by atoms with Gasteiger partial charge in [0.15, 0.2) is 0 Å². The summed E-state index contributed by atoms with van der Waals surface area (Å²) in [6.45, 7) is 2.61. The van der Waals surface area contributed by atoms with Crippen LogP contribution in [0.25, 0.3) is 0 Å². The molecule has 19 heavy (non-hydrogen) atoms. The van der Waals surface area contributed by atoms with Gasteiger partial charge in [0.25, 0.3) is 0 Å². The highest BCUT2D eigenvalue weighted by molar-refractivity contribution is 5.43. The van der Waals surface area contributed by atoms with Crippen molar-refractivity contribution >= 4 is 5.69 Å². The summed E-state index contributed by atoms with van der Waals surface area (Å²) in [5, 5.41) is 12.2. The first-order valence-corrected chi connectivity index (χ1v) is 5.98. The summed E-state index contributed by atoms with van der Waals surface area (Å²) in [4.78, 5) is 11.3. The van der Waals surface area contributed by atoms with Crippen LogP contribution in [0.2, 0.25) is 0 Å². The largest absolute Gasteiger partial charge is 0.380 e. The number of aromatic nitrogens is 2. The minimum absolute atomic E-state index is 0.0341. The standard InChI is InChI=1S/C14H16N4O/c1-10-11(6-13(7-15)18(10)3)8-16-12-4-5-14(19)17(2)9-12/h4-6,9,16H,8H2,1-3H3. The van der Waals surface area contributed by atoms with Gasteiger partial charge in [0, 0.05) is 38.6 Å². The number of anilines is 1. The Labute approximate surface area is 111 Å². The molecule has 2 rings (SSSR count). The molecule has 5 nitrogen and oxygen atoms in total. The summed E-state index contributed by atoms with van der Waals surface area (Å²) in [5.74, 6) is 0. The molecule has 0 atom stereocenters. The van der Waals surface area contributed by atoms with Crippen molar-refractivity contribution in [3.63, 3.8) is 0 Å². The maximum absolute atomic E-state index is 11.3. The van der Waals surface area contributed by atoms with E-state index >= 15 is 0 Å². The fraction of sp³-hybridized carbons (Fsp3) is 0.286. The molecule has 0 saturated heterocycles. The number of aryl methyl sites for hydroxylation is 1. The normalized spacial score (nSPS) is 10.2. The van der Waals surface area contributed by atoms with Crippen LogP contribution in [0.5, 0.6) is 0 Å². The van der Waals surface area contributed by atoms with Crippen LogP contribution < -0.4 is 10.9 Å². The summed E-state index contributed by atoms with van der Waals surface area (Å²) in [7, 11) is 3.60. The van der Waals surface area contributed by atoms with Crippen molar-refractivity contribution in [1.29, 1.82) is 5.26 Å². The van der Waals surface area contributed by atoms with E-state index in [0.29, 0.717) is 12.2 Å². The molecule has 0 unspecified atom stereocenters. The van der Waals surface area contributed by atoms with E-state index in [1.54, 1.807) is 19.3 Å². The van der Waals surface area contributed by atoms with Crippen LogP contribution in [-0.2, 0) is 20.6 Å². The minimum Gasteiger partial charge on any atom is -0.380 e. The highest BCUT2D eigenvalue weighted by Crippen LogP contribution is 2.15. The van der Waals surface area contributed by atoms with Crippen LogP contribution in [-0.4, -0.2) is 9.13 Å². The predicted molar refractivity (Wildman–Crippen MR) is 73.9 cm³/mol. The maximum Gasteiger partial charge on any atom is 0.250 e. The molecule has 2 heterocycles. The molecule has 0 bridgehead atoms. The van der Waals surface area contributed by atoms with Gasteiger partial charge in [-0.05, 0) is 24.6 Å². The number of hydrogen-bond donors (Lipinski definition) is 1. The Morgan fingerprint density at radius 1 is 1.37 bits per heavy atom. The van der Waals surface area contributed by atoms with E-state index in [4.69, 9.17) is 5.26 Å².